The van der Waals surface area contributed by atoms with Crippen LogP contribution in [0.5, 0.6) is 23.0 Å². The van der Waals surface area contributed by atoms with Gasteiger partial charge in [-0.2, -0.15) is 0 Å². The van der Waals surface area contributed by atoms with Crippen LogP contribution in [0.4, 0.5) is 0 Å². The second-order valence-corrected chi connectivity index (χ2v) is 12.0. The minimum absolute atomic E-state index is 0.0713. The van der Waals surface area contributed by atoms with Gasteiger partial charge in [0, 0.05) is 17.2 Å². The molecule has 2 aromatic carbocycles. The van der Waals surface area contributed by atoms with Gasteiger partial charge in [-0.1, -0.05) is 11.6 Å². The fraction of sp³-hybridized carbons (Fsp3) is 0.485. The quantitative estimate of drug-likeness (QED) is 0.120. The highest BCUT2D eigenvalue weighted by Gasteiger charge is 2.51. The van der Waals surface area contributed by atoms with Crippen molar-refractivity contribution in [2.75, 3.05) is 20.3 Å². The lowest BCUT2D eigenvalue weighted by atomic mass is 9.97. The summed E-state index contributed by atoms with van der Waals surface area (Å²) in [6.07, 6.45) is -15.0. The molecule has 16 heteroatoms. The Morgan fingerprint density at radius 2 is 1.49 bits per heavy atom. The van der Waals surface area contributed by atoms with Gasteiger partial charge in [0.25, 0.3) is 0 Å². The Morgan fingerprint density at radius 3 is 2.10 bits per heavy atom. The van der Waals surface area contributed by atoms with E-state index in [1.807, 2.05) is 13.8 Å². The molecule has 268 valence electrons. The van der Waals surface area contributed by atoms with Gasteiger partial charge < -0.3 is 74.1 Å². The van der Waals surface area contributed by atoms with Crippen molar-refractivity contribution in [3.8, 4) is 34.3 Å². The van der Waals surface area contributed by atoms with Crippen LogP contribution in [0.2, 0.25) is 0 Å². The molecule has 0 amide bonds. The average Bonchev–Trinajstić information content (AvgIpc) is 3.08. The lowest BCUT2D eigenvalue weighted by molar-refractivity contribution is -0.352. The van der Waals surface area contributed by atoms with Gasteiger partial charge in [-0.3, -0.25) is 4.79 Å². The van der Waals surface area contributed by atoms with Crippen LogP contribution in [0.15, 0.2) is 51.2 Å². The summed E-state index contributed by atoms with van der Waals surface area (Å²) in [7, 11) is 1.48. The number of aromatic hydroxyl groups is 2. The molecule has 0 spiro atoms. The molecule has 2 aliphatic heterocycles. The first-order valence-electron chi connectivity index (χ1n) is 15.4. The van der Waals surface area contributed by atoms with E-state index in [4.69, 9.17) is 28.1 Å². The summed E-state index contributed by atoms with van der Waals surface area (Å²) in [5, 5.41) is 93.8. The Hall–Kier alpha value is -3.81. The third-order valence-corrected chi connectivity index (χ3v) is 8.45. The van der Waals surface area contributed by atoms with E-state index in [0.29, 0.717) is 11.3 Å². The topological polar surface area (TPSA) is 258 Å². The van der Waals surface area contributed by atoms with Crippen molar-refractivity contribution in [2.45, 2.75) is 81.7 Å². The summed E-state index contributed by atoms with van der Waals surface area (Å²) < 4.78 is 33.9. The maximum absolute atomic E-state index is 13.4. The molecule has 0 bridgehead atoms. The monoisotopic (exact) mass is 692 g/mol. The van der Waals surface area contributed by atoms with Crippen LogP contribution in [-0.4, -0.2) is 128 Å². The molecule has 49 heavy (non-hydrogen) atoms. The Bertz CT molecular complexity index is 1700. The first-order valence-corrected chi connectivity index (χ1v) is 15.4. The second-order valence-electron chi connectivity index (χ2n) is 12.0. The zero-order valence-electron chi connectivity index (χ0n) is 26.7. The molecular formula is C33H40O16. The van der Waals surface area contributed by atoms with E-state index in [1.165, 1.54) is 7.11 Å². The van der Waals surface area contributed by atoms with E-state index in [-0.39, 0.29) is 34.5 Å². The number of rotatable bonds is 10. The third-order valence-electron chi connectivity index (χ3n) is 8.45. The number of hydrogen-bond donors (Lipinski definition) is 9. The van der Waals surface area contributed by atoms with Gasteiger partial charge in [-0.25, -0.2) is 0 Å². The summed E-state index contributed by atoms with van der Waals surface area (Å²) in [5.41, 5.74) is 0.316. The van der Waals surface area contributed by atoms with Crippen molar-refractivity contribution in [1.29, 1.82) is 0 Å². The number of phenolic OH excluding ortho intramolecular Hbond substituents is 1. The SMILES string of the molecule is COc1ccc(-c2oc3c(CC=C(C)C)c(O[C@@H]4O[C@@H](CO)[C@@H](O[C@@H]5O[C@H](CO)[C@@H](O)[C@H](O)[C@H]5O)[C@@H](O)[C@H]4O)cc(O)c3c(=O)c2O)cc1. The van der Waals surface area contributed by atoms with E-state index in [1.54, 1.807) is 30.3 Å². The minimum Gasteiger partial charge on any atom is -0.507 e. The summed E-state index contributed by atoms with van der Waals surface area (Å²) >= 11 is 0. The van der Waals surface area contributed by atoms with Crippen LogP contribution in [0, 0.1) is 0 Å². The maximum atomic E-state index is 13.4. The molecule has 0 saturated carbocycles. The van der Waals surface area contributed by atoms with Crippen LogP contribution < -0.4 is 14.9 Å². The lowest BCUT2D eigenvalue weighted by Crippen LogP contribution is -2.65. The number of hydrogen-bond acceptors (Lipinski definition) is 16. The van der Waals surface area contributed by atoms with E-state index < -0.39 is 91.6 Å². The van der Waals surface area contributed by atoms with Crippen LogP contribution in [-0.2, 0) is 20.6 Å². The van der Waals surface area contributed by atoms with E-state index in [2.05, 4.69) is 0 Å². The van der Waals surface area contributed by atoms with Crippen LogP contribution in [0.1, 0.15) is 19.4 Å². The molecular weight excluding hydrogens is 652 g/mol. The van der Waals surface area contributed by atoms with Crippen molar-refractivity contribution in [2.24, 2.45) is 0 Å². The fourth-order valence-electron chi connectivity index (χ4n) is 5.69. The zero-order chi connectivity index (χ0) is 35.7. The average molecular weight is 693 g/mol. The number of aliphatic hydroxyl groups is 7. The van der Waals surface area contributed by atoms with E-state index in [9.17, 15) is 50.8 Å². The number of allylic oxidation sites excluding steroid dienone is 2. The van der Waals surface area contributed by atoms with Crippen molar-refractivity contribution in [1.82, 2.24) is 0 Å². The van der Waals surface area contributed by atoms with Crippen molar-refractivity contribution in [3.05, 3.63) is 57.8 Å². The Morgan fingerprint density at radius 1 is 0.857 bits per heavy atom. The van der Waals surface area contributed by atoms with Gasteiger partial charge in [0.15, 0.2) is 12.1 Å². The summed E-state index contributed by atoms with van der Waals surface area (Å²) in [5.74, 6) is -1.21. The highest BCUT2D eigenvalue weighted by molar-refractivity contribution is 5.91. The van der Waals surface area contributed by atoms with Crippen molar-refractivity contribution in [3.63, 3.8) is 0 Å². The smallest absolute Gasteiger partial charge is 0.238 e. The van der Waals surface area contributed by atoms with Crippen LogP contribution >= 0.6 is 0 Å². The summed E-state index contributed by atoms with van der Waals surface area (Å²) in [6, 6.07) is 7.37. The van der Waals surface area contributed by atoms with Crippen LogP contribution in [0.3, 0.4) is 0 Å². The molecule has 16 nitrogen and oxygen atoms in total. The van der Waals surface area contributed by atoms with Gasteiger partial charge in [0.2, 0.25) is 17.5 Å². The first kappa shape index (κ1) is 36.5. The standard InChI is InChI=1S/C33H40O16/c1-13(2)4-9-16-18(10-17(36)21-23(38)25(40)29(48-30(16)21)14-5-7-15(44-3)8-6-14)45-32-28(43)26(41)31(20(12-35)47-32)49-33-27(42)24(39)22(37)19(11-34)46-33/h4-8,10,19-20,22,24,26-28,31-37,39-43H,9,11-12H2,1-3H3/t19-,20+,22-,24+,26+,27-,28-,31-,32-,33+/m1/s1. The van der Waals surface area contributed by atoms with Gasteiger partial charge in [-0.05, 0) is 44.5 Å². The molecule has 5 rings (SSSR count). The number of benzene rings is 2. The molecule has 1 aromatic heterocycles. The predicted molar refractivity (Wildman–Crippen MR) is 168 cm³/mol. The van der Waals surface area contributed by atoms with Gasteiger partial charge in [0.1, 0.15) is 77.0 Å². The molecule has 0 aliphatic carbocycles. The molecule has 0 radical (unpaired) electrons. The Kier molecular flexibility index (Phi) is 11.1. The lowest BCUT2D eigenvalue weighted by Gasteiger charge is -2.45. The second kappa shape index (κ2) is 15.0. The summed E-state index contributed by atoms with van der Waals surface area (Å²) in [4.78, 5) is 13.4. The number of fused-ring (bicyclic) bond motifs is 1. The molecule has 2 aliphatic rings. The minimum atomic E-state index is -1.89. The van der Waals surface area contributed by atoms with E-state index >= 15 is 0 Å². The third kappa shape index (κ3) is 7.11. The highest BCUT2D eigenvalue weighted by Crippen LogP contribution is 2.41. The number of aliphatic hydroxyl groups excluding tert-OH is 7. The Balaban J connectivity index is 1.51. The molecule has 0 unspecified atom stereocenters. The van der Waals surface area contributed by atoms with E-state index in [0.717, 1.165) is 11.6 Å². The van der Waals surface area contributed by atoms with Crippen molar-refractivity contribution >= 4 is 11.0 Å². The number of ether oxygens (including phenoxy) is 5. The molecule has 2 fully saturated rings. The first-order chi connectivity index (χ1) is 23.3. The van der Waals surface area contributed by atoms with Crippen LogP contribution in [0.25, 0.3) is 22.3 Å². The van der Waals surface area contributed by atoms with Gasteiger partial charge in [-0.15, -0.1) is 0 Å². The normalized spacial score (nSPS) is 30.2. The molecule has 10 atom stereocenters. The largest absolute Gasteiger partial charge is 0.507 e. The Labute approximate surface area is 279 Å². The molecule has 9 N–H and O–H groups in total. The maximum Gasteiger partial charge on any atom is 0.238 e. The number of methoxy groups -OCH3 is 1. The molecule has 3 aromatic rings. The fourth-order valence-corrected chi connectivity index (χ4v) is 5.69. The van der Waals surface area contributed by atoms with Gasteiger partial charge >= 0.3 is 0 Å². The zero-order valence-corrected chi connectivity index (χ0v) is 26.7. The molecule has 3 heterocycles. The molecule has 2 saturated heterocycles. The predicted octanol–water partition coefficient (Wildman–Crippen LogP) is -0.609. The van der Waals surface area contributed by atoms with Gasteiger partial charge in [0.05, 0.1) is 20.3 Å². The summed E-state index contributed by atoms with van der Waals surface area (Å²) in [6.45, 7) is 2.09. The number of phenols is 1. The van der Waals surface area contributed by atoms with Crippen molar-refractivity contribution < 1.29 is 74.1 Å². The highest BCUT2D eigenvalue weighted by atomic mass is 16.7.